The molecule has 0 aromatic carbocycles. The minimum absolute atomic E-state index is 0.379. The van der Waals surface area contributed by atoms with E-state index >= 15 is 0 Å². The minimum atomic E-state index is -4.42. The number of rotatable bonds is 2. The molecular formula is C10H11F3N2. The Balaban J connectivity index is 3.25. The number of nitrogens with zero attached hydrogens (tertiary/aromatic N) is 1. The molecule has 2 nitrogen and oxygen atoms in total. The van der Waals surface area contributed by atoms with Gasteiger partial charge in [0.2, 0.25) is 0 Å². The maximum absolute atomic E-state index is 12.3. The van der Waals surface area contributed by atoms with Gasteiger partial charge in [-0.15, -0.1) is 0 Å². The predicted octanol–water partition coefficient (Wildman–Crippen LogP) is 3.18. The molecule has 1 aromatic rings. The summed E-state index contributed by atoms with van der Waals surface area (Å²) >= 11 is 0. The SMILES string of the molecule is C=C(C)c1cnc(C(F)(F)F)cc1NC. The lowest BCUT2D eigenvalue weighted by molar-refractivity contribution is -0.141. The van der Waals surface area contributed by atoms with E-state index in [1.165, 1.54) is 6.20 Å². The van der Waals surface area contributed by atoms with E-state index < -0.39 is 11.9 Å². The van der Waals surface area contributed by atoms with Crippen molar-refractivity contribution >= 4 is 11.3 Å². The topological polar surface area (TPSA) is 24.9 Å². The maximum Gasteiger partial charge on any atom is 0.433 e. The molecule has 1 rings (SSSR count). The molecule has 82 valence electrons. The maximum atomic E-state index is 12.3. The first-order valence-corrected chi connectivity index (χ1v) is 4.27. The molecule has 1 N–H and O–H groups in total. The van der Waals surface area contributed by atoms with Crippen LogP contribution >= 0.6 is 0 Å². The third-order valence-corrected chi connectivity index (χ3v) is 1.92. The number of hydrogen-bond acceptors (Lipinski definition) is 2. The van der Waals surface area contributed by atoms with Gasteiger partial charge < -0.3 is 5.32 Å². The number of anilines is 1. The van der Waals surface area contributed by atoms with E-state index in [9.17, 15) is 13.2 Å². The van der Waals surface area contributed by atoms with E-state index in [4.69, 9.17) is 0 Å². The van der Waals surface area contributed by atoms with Gasteiger partial charge in [0, 0.05) is 24.5 Å². The molecule has 5 heteroatoms. The van der Waals surface area contributed by atoms with Crippen LogP contribution in [0.3, 0.4) is 0 Å². The molecule has 0 bridgehead atoms. The van der Waals surface area contributed by atoms with Crippen molar-refractivity contribution in [3.63, 3.8) is 0 Å². The average Bonchev–Trinajstić information content (AvgIpc) is 2.15. The fraction of sp³-hybridized carbons (Fsp3) is 0.300. The first kappa shape index (κ1) is 11.6. The van der Waals surface area contributed by atoms with Gasteiger partial charge in [0.25, 0.3) is 0 Å². The van der Waals surface area contributed by atoms with Crippen molar-refractivity contribution in [2.45, 2.75) is 13.1 Å². The van der Waals surface area contributed by atoms with Crippen LogP contribution < -0.4 is 5.32 Å². The molecule has 0 unspecified atom stereocenters. The molecule has 0 aliphatic heterocycles. The highest BCUT2D eigenvalue weighted by molar-refractivity contribution is 5.73. The van der Waals surface area contributed by atoms with E-state index in [0.717, 1.165) is 6.07 Å². The summed E-state index contributed by atoms with van der Waals surface area (Å²) in [4.78, 5) is 3.35. The Labute approximate surface area is 85.8 Å². The zero-order chi connectivity index (χ0) is 11.6. The Morgan fingerprint density at radius 2 is 2.07 bits per heavy atom. The highest BCUT2D eigenvalue weighted by Gasteiger charge is 2.32. The van der Waals surface area contributed by atoms with Crippen molar-refractivity contribution in [2.75, 3.05) is 12.4 Å². The number of nitrogens with one attached hydrogen (secondary N) is 1. The summed E-state index contributed by atoms with van der Waals surface area (Å²) in [5, 5.41) is 2.69. The van der Waals surface area contributed by atoms with Gasteiger partial charge in [-0.2, -0.15) is 13.2 Å². The lowest BCUT2D eigenvalue weighted by Gasteiger charge is -2.12. The molecule has 0 fully saturated rings. The van der Waals surface area contributed by atoms with Crippen LogP contribution in [0.5, 0.6) is 0 Å². The van der Waals surface area contributed by atoms with Crippen LogP contribution in [0.4, 0.5) is 18.9 Å². The molecule has 0 aliphatic carbocycles. The van der Waals surface area contributed by atoms with Crippen LogP contribution in [0.1, 0.15) is 18.2 Å². The van der Waals surface area contributed by atoms with Crippen LogP contribution in [0, 0.1) is 0 Å². The second-order valence-electron chi connectivity index (χ2n) is 3.14. The summed E-state index contributed by atoms with van der Waals surface area (Å²) in [6.07, 6.45) is -3.24. The Hall–Kier alpha value is -1.52. The highest BCUT2D eigenvalue weighted by Crippen LogP contribution is 2.31. The van der Waals surface area contributed by atoms with E-state index in [0.29, 0.717) is 16.8 Å². The molecule has 0 aliphatic rings. The Kier molecular flexibility index (Phi) is 3.02. The number of halogens is 3. The van der Waals surface area contributed by atoms with Crippen molar-refractivity contribution in [3.05, 3.63) is 30.1 Å². The number of hydrogen-bond donors (Lipinski definition) is 1. The lowest BCUT2D eigenvalue weighted by atomic mass is 10.1. The molecule has 0 spiro atoms. The molecule has 0 saturated heterocycles. The van der Waals surface area contributed by atoms with Crippen LogP contribution in [0.2, 0.25) is 0 Å². The summed E-state index contributed by atoms with van der Waals surface area (Å²) in [5.74, 6) is 0. The largest absolute Gasteiger partial charge is 0.433 e. The monoisotopic (exact) mass is 216 g/mol. The smallest absolute Gasteiger partial charge is 0.388 e. The van der Waals surface area contributed by atoms with Gasteiger partial charge in [-0.1, -0.05) is 6.58 Å². The van der Waals surface area contributed by atoms with Gasteiger partial charge in [0.15, 0.2) is 0 Å². The summed E-state index contributed by atoms with van der Waals surface area (Å²) in [5.41, 5.74) is 0.729. The minimum Gasteiger partial charge on any atom is -0.388 e. The number of alkyl halides is 3. The Morgan fingerprint density at radius 3 is 2.47 bits per heavy atom. The van der Waals surface area contributed by atoms with Crippen molar-refractivity contribution in [3.8, 4) is 0 Å². The third kappa shape index (κ3) is 2.49. The van der Waals surface area contributed by atoms with Crippen molar-refractivity contribution in [2.24, 2.45) is 0 Å². The lowest BCUT2D eigenvalue weighted by Crippen LogP contribution is -2.09. The molecular weight excluding hydrogens is 205 g/mol. The van der Waals surface area contributed by atoms with Gasteiger partial charge in [0.05, 0.1) is 0 Å². The first-order valence-electron chi connectivity index (χ1n) is 4.27. The van der Waals surface area contributed by atoms with E-state index in [2.05, 4.69) is 16.9 Å². The number of pyridine rings is 1. The van der Waals surface area contributed by atoms with E-state index in [1.54, 1.807) is 14.0 Å². The average molecular weight is 216 g/mol. The summed E-state index contributed by atoms with van der Waals surface area (Å²) in [6.45, 7) is 5.38. The second kappa shape index (κ2) is 3.92. The molecule has 0 amide bonds. The Morgan fingerprint density at radius 1 is 1.47 bits per heavy atom. The van der Waals surface area contributed by atoms with Gasteiger partial charge in [-0.25, -0.2) is 0 Å². The fourth-order valence-electron chi connectivity index (χ4n) is 1.16. The van der Waals surface area contributed by atoms with Crippen molar-refractivity contribution < 1.29 is 13.2 Å². The quantitative estimate of drug-likeness (QED) is 0.821. The highest BCUT2D eigenvalue weighted by atomic mass is 19.4. The standard InChI is InChI=1S/C10H11F3N2/c1-6(2)7-5-15-9(10(11,12)13)4-8(7)14-3/h4-5H,1H2,2-3H3,(H,14,15). The molecule has 0 saturated carbocycles. The van der Waals surface area contributed by atoms with Crippen LogP contribution in [0.25, 0.3) is 5.57 Å². The Bertz CT molecular complexity index is 383. The van der Waals surface area contributed by atoms with Crippen LogP contribution in [0.15, 0.2) is 18.8 Å². The normalized spacial score (nSPS) is 11.3. The zero-order valence-corrected chi connectivity index (χ0v) is 8.44. The van der Waals surface area contributed by atoms with E-state index in [-0.39, 0.29) is 0 Å². The number of aromatic nitrogens is 1. The van der Waals surface area contributed by atoms with Crippen LogP contribution in [-0.2, 0) is 6.18 Å². The van der Waals surface area contributed by atoms with Crippen molar-refractivity contribution in [1.29, 1.82) is 0 Å². The molecule has 1 aromatic heterocycles. The molecule has 15 heavy (non-hydrogen) atoms. The molecule has 0 radical (unpaired) electrons. The van der Waals surface area contributed by atoms with Gasteiger partial charge in [-0.3, -0.25) is 4.98 Å². The summed E-state index contributed by atoms with van der Waals surface area (Å²) in [6, 6.07) is 0.976. The van der Waals surface area contributed by atoms with Crippen molar-refractivity contribution in [1.82, 2.24) is 4.98 Å². The van der Waals surface area contributed by atoms with Crippen LogP contribution in [-0.4, -0.2) is 12.0 Å². The number of allylic oxidation sites excluding steroid dienone is 1. The zero-order valence-electron chi connectivity index (χ0n) is 8.44. The van der Waals surface area contributed by atoms with Gasteiger partial charge in [0.1, 0.15) is 5.69 Å². The fourth-order valence-corrected chi connectivity index (χ4v) is 1.16. The molecule has 0 atom stereocenters. The second-order valence-corrected chi connectivity index (χ2v) is 3.14. The first-order chi connectivity index (χ1) is 6.86. The third-order valence-electron chi connectivity index (χ3n) is 1.92. The van der Waals surface area contributed by atoms with E-state index in [1.807, 2.05) is 0 Å². The summed E-state index contributed by atoms with van der Waals surface area (Å²) < 4.78 is 37.0. The molecule has 1 heterocycles. The van der Waals surface area contributed by atoms with Gasteiger partial charge in [-0.05, 0) is 18.6 Å². The summed E-state index contributed by atoms with van der Waals surface area (Å²) in [7, 11) is 1.56. The predicted molar refractivity (Wildman–Crippen MR) is 53.5 cm³/mol. The van der Waals surface area contributed by atoms with Gasteiger partial charge >= 0.3 is 6.18 Å².